The predicted molar refractivity (Wildman–Crippen MR) is 122 cm³/mol. The first-order valence-electron chi connectivity index (χ1n) is 11.3. The highest BCUT2D eigenvalue weighted by atomic mass is 19.3. The number of halogens is 4. The fourth-order valence-electron chi connectivity index (χ4n) is 3.75. The number of aryl methyl sites for hydroxylation is 2. The van der Waals surface area contributed by atoms with Crippen LogP contribution in [-0.4, -0.2) is 40.7 Å². The second-order valence-corrected chi connectivity index (χ2v) is 8.06. The lowest BCUT2D eigenvalue weighted by molar-refractivity contribution is 0.133. The number of hydrogen-bond acceptors (Lipinski definition) is 8. The van der Waals surface area contributed by atoms with E-state index in [2.05, 4.69) is 20.1 Å². The molecule has 0 aromatic carbocycles. The summed E-state index contributed by atoms with van der Waals surface area (Å²) < 4.78 is 58.4. The standard InChI is InChI=1S/C22H21F4N7O4/c23-13(24)7-5-11-32-16-15(29-18(17(25)26)30-19(16)34)21(35)33(22(32)36)10-4-2-8-14-28-20(37-31-14)12-6-1-3-9-27-12/h1,3,6,9,13,17H,2,4-5,7-8,10-11H2,(H,29,30,34). The minimum atomic E-state index is -3.17. The molecule has 37 heavy (non-hydrogen) atoms. The number of hydrogen-bond donors (Lipinski definition) is 1. The number of fused-ring (bicyclic) bond motifs is 1. The molecule has 0 aliphatic rings. The van der Waals surface area contributed by atoms with Gasteiger partial charge in [0.05, 0.1) is 0 Å². The van der Waals surface area contributed by atoms with Crippen molar-refractivity contribution in [2.24, 2.45) is 0 Å². The maximum absolute atomic E-state index is 13.2. The molecule has 4 aromatic rings. The van der Waals surface area contributed by atoms with Gasteiger partial charge < -0.3 is 9.51 Å². The number of nitrogens with one attached hydrogen (secondary N) is 1. The predicted octanol–water partition coefficient (Wildman–Crippen LogP) is 2.70. The minimum Gasteiger partial charge on any atom is -0.332 e. The Labute approximate surface area is 204 Å². The maximum atomic E-state index is 13.2. The maximum Gasteiger partial charge on any atom is 0.331 e. The molecule has 4 heterocycles. The molecule has 0 saturated carbocycles. The van der Waals surface area contributed by atoms with E-state index in [-0.39, 0.29) is 31.8 Å². The third-order valence-electron chi connectivity index (χ3n) is 5.49. The van der Waals surface area contributed by atoms with E-state index in [0.29, 0.717) is 24.4 Å². The molecule has 4 rings (SSSR count). The second-order valence-electron chi connectivity index (χ2n) is 8.06. The zero-order valence-corrected chi connectivity index (χ0v) is 19.2. The molecule has 0 atom stereocenters. The topological polar surface area (TPSA) is 142 Å². The summed E-state index contributed by atoms with van der Waals surface area (Å²) in [6, 6.07) is 5.21. The van der Waals surface area contributed by atoms with Crippen molar-refractivity contribution in [3.05, 3.63) is 67.2 Å². The van der Waals surface area contributed by atoms with Gasteiger partial charge in [-0.1, -0.05) is 11.2 Å². The fourth-order valence-corrected chi connectivity index (χ4v) is 3.75. The third kappa shape index (κ3) is 5.81. The molecule has 196 valence electrons. The first-order chi connectivity index (χ1) is 17.8. The van der Waals surface area contributed by atoms with Crippen molar-refractivity contribution in [2.45, 2.75) is 58.0 Å². The largest absolute Gasteiger partial charge is 0.332 e. The van der Waals surface area contributed by atoms with Crippen LogP contribution >= 0.6 is 0 Å². The zero-order chi connectivity index (χ0) is 26.5. The van der Waals surface area contributed by atoms with E-state index in [9.17, 15) is 31.9 Å². The number of unbranched alkanes of at least 4 members (excludes halogenated alkanes) is 1. The summed E-state index contributed by atoms with van der Waals surface area (Å²) in [6.45, 7) is -0.455. The number of alkyl halides is 4. The molecular formula is C22H21F4N7O4. The van der Waals surface area contributed by atoms with Crippen LogP contribution in [0.2, 0.25) is 0 Å². The molecule has 0 fully saturated rings. The van der Waals surface area contributed by atoms with Gasteiger partial charge in [-0.05, 0) is 31.4 Å². The molecule has 11 nitrogen and oxygen atoms in total. The van der Waals surface area contributed by atoms with Crippen molar-refractivity contribution in [3.63, 3.8) is 0 Å². The molecule has 0 amide bonds. The van der Waals surface area contributed by atoms with Crippen LogP contribution < -0.4 is 16.8 Å². The van der Waals surface area contributed by atoms with Gasteiger partial charge in [-0.25, -0.2) is 27.3 Å². The fraction of sp³-hybridized carbons (Fsp3) is 0.409. The highest BCUT2D eigenvalue weighted by Gasteiger charge is 2.21. The molecule has 0 aliphatic heterocycles. The smallest absolute Gasteiger partial charge is 0.331 e. The molecule has 0 radical (unpaired) electrons. The molecule has 1 N–H and O–H groups in total. The lowest BCUT2D eigenvalue weighted by atomic mass is 10.2. The van der Waals surface area contributed by atoms with Gasteiger partial charge in [0, 0.05) is 32.1 Å². The van der Waals surface area contributed by atoms with Crippen LogP contribution in [0, 0.1) is 0 Å². The van der Waals surface area contributed by atoms with Gasteiger partial charge in [0.2, 0.25) is 6.43 Å². The Balaban J connectivity index is 1.57. The highest BCUT2D eigenvalue weighted by Crippen LogP contribution is 2.15. The van der Waals surface area contributed by atoms with Gasteiger partial charge in [0.25, 0.3) is 23.4 Å². The molecule has 0 bridgehead atoms. The van der Waals surface area contributed by atoms with Gasteiger partial charge in [-0.2, -0.15) is 4.98 Å². The van der Waals surface area contributed by atoms with E-state index in [1.807, 2.05) is 4.98 Å². The van der Waals surface area contributed by atoms with Crippen LogP contribution in [0.5, 0.6) is 0 Å². The number of pyridine rings is 1. The van der Waals surface area contributed by atoms with Crippen molar-refractivity contribution < 1.29 is 22.1 Å². The zero-order valence-electron chi connectivity index (χ0n) is 19.2. The monoisotopic (exact) mass is 523 g/mol. The Morgan fingerprint density at radius 1 is 0.973 bits per heavy atom. The first kappa shape index (κ1) is 25.9. The molecule has 15 heteroatoms. The van der Waals surface area contributed by atoms with Crippen molar-refractivity contribution in [1.29, 1.82) is 0 Å². The summed E-state index contributed by atoms with van der Waals surface area (Å²) in [4.78, 5) is 52.2. The first-order valence-corrected chi connectivity index (χ1v) is 11.3. The van der Waals surface area contributed by atoms with E-state index in [1.165, 1.54) is 0 Å². The van der Waals surface area contributed by atoms with Crippen LogP contribution in [0.3, 0.4) is 0 Å². The Bertz CT molecular complexity index is 1550. The second kappa shape index (κ2) is 11.3. The average Bonchev–Trinajstić information content (AvgIpc) is 3.35. The molecule has 0 aliphatic carbocycles. The number of aromatic amines is 1. The lowest BCUT2D eigenvalue weighted by Gasteiger charge is -2.13. The van der Waals surface area contributed by atoms with Gasteiger partial charge in [-0.3, -0.25) is 23.7 Å². The number of nitrogens with zero attached hydrogens (tertiary/aromatic N) is 6. The third-order valence-corrected chi connectivity index (χ3v) is 5.49. The van der Waals surface area contributed by atoms with Gasteiger partial charge in [0.1, 0.15) is 11.2 Å². The minimum absolute atomic E-state index is 0.133. The highest BCUT2D eigenvalue weighted by molar-refractivity contribution is 5.72. The number of H-pyrrole nitrogens is 1. The van der Waals surface area contributed by atoms with Gasteiger partial charge in [-0.15, -0.1) is 0 Å². The summed E-state index contributed by atoms with van der Waals surface area (Å²) in [7, 11) is 0. The summed E-state index contributed by atoms with van der Waals surface area (Å²) in [5.41, 5.74) is -3.72. The normalized spacial score (nSPS) is 11.7. The van der Waals surface area contributed by atoms with Crippen LogP contribution in [0.15, 0.2) is 43.3 Å². The number of aromatic nitrogens is 7. The molecule has 4 aromatic heterocycles. The van der Waals surface area contributed by atoms with Crippen LogP contribution in [0.4, 0.5) is 17.6 Å². The Morgan fingerprint density at radius 2 is 1.76 bits per heavy atom. The van der Waals surface area contributed by atoms with Crippen LogP contribution in [0.25, 0.3) is 22.6 Å². The summed E-state index contributed by atoms with van der Waals surface area (Å²) in [6.07, 6.45) is -3.94. The van der Waals surface area contributed by atoms with Crippen molar-refractivity contribution in [1.82, 2.24) is 34.2 Å². The Hall–Kier alpha value is -4.17. The summed E-state index contributed by atoms with van der Waals surface area (Å²) in [5, 5.41) is 3.87. The summed E-state index contributed by atoms with van der Waals surface area (Å²) in [5.74, 6) is -0.412. The van der Waals surface area contributed by atoms with E-state index in [4.69, 9.17) is 4.52 Å². The quantitative estimate of drug-likeness (QED) is 0.234. The van der Waals surface area contributed by atoms with E-state index in [1.54, 1.807) is 24.4 Å². The SMILES string of the molecule is O=c1[nH]c(C(F)F)nc2c(=O)n(CCCCc3noc(-c4ccccn4)n3)c(=O)n(CCCC(F)F)c12. The van der Waals surface area contributed by atoms with Crippen molar-refractivity contribution in [2.75, 3.05) is 0 Å². The molecule has 0 spiro atoms. The Morgan fingerprint density at radius 3 is 2.46 bits per heavy atom. The number of rotatable bonds is 11. The average molecular weight is 523 g/mol. The van der Waals surface area contributed by atoms with Crippen LogP contribution in [-0.2, 0) is 19.5 Å². The Kier molecular flexibility index (Phi) is 7.89. The van der Waals surface area contributed by atoms with Crippen LogP contribution in [0.1, 0.15) is 43.8 Å². The molecular weight excluding hydrogens is 502 g/mol. The van der Waals surface area contributed by atoms with Gasteiger partial charge >= 0.3 is 5.69 Å². The van der Waals surface area contributed by atoms with E-state index >= 15 is 0 Å². The lowest BCUT2D eigenvalue weighted by Crippen LogP contribution is -2.42. The van der Waals surface area contributed by atoms with Crippen molar-refractivity contribution in [3.8, 4) is 11.6 Å². The molecule has 0 saturated heterocycles. The van der Waals surface area contributed by atoms with Gasteiger partial charge in [0.15, 0.2) is 17.2 Å². The summed E-state index contributed by atoms with van der Waals surface area (Å²) >= 11 is 0. The van der Waals surface area contributed by atoms with Crippen molar-refractivity contribution >= 4 is 11.0 Å². The molecule has 0 unspecified atom stereocenters. The van der Waals surface area contributed by atoms with E-state index < -0.39 is 52.9 Å². The van der Waals surface area contributed by atoms with E-state index in [0.717, 1.165) is 9.13 Å².